The van der Waals surface area contributed by atoms with Gasteiger partial charge in [-0.25, -0.2) is 0 Å². The first-order valence-electron chi connectivity index (χ1n) is 6.73. The van der Waals surface area contributed by atoms with Crippen molar-refractivity contribution in [2.24, 2.45) is 4.99 Å². The van der Waals surface area contributed by atoms with Crippen LogP contribution in [0.4, 0.5) is 0 Å². The molecule has 0 heterocycles. The lowest BCUT2D eigenvalue weighted by molar-refractivity contribution is 0.536. The quantitative estimate of drug-likeness (QED) is 0.308. The van der Waals surface area contributed by atoms with E-state index in [9.17, 15) is 0 Å². The maximum Gasteiger partial charge on any atom is 0.0889 e. The minimum Gasteiger partial charge on any atom is -0.340 e. The molecule has 94 valence electrons. The van der Waals surface area contributed by atoms with Crippen LogP contribution in [-0.2, 0) is 0 Å². The van der Waals surface area contributed by atoms with Gasteiger partial charge >= 0.3 is 0 Å². The van der Waals surface area contributed by atoms with E-state index in [1.54, 1.807) is 0 Å². The number of nitrogens with zero attached hydrogens (tertiary/aromatic N) is 2. The first kappa shape index (κ1) is 15.2. The van der Waals surface area contributed by atoms with E-state index in [1.807, 2.05) is 13.3 Å². The van der Waals surface area contributed by atoms with Crippen molar-refractivity contribution in [3.05, 3.63) is 12.3 Å². The molecule has 2 heteroatoms. The zero-order valence-electron chi connectivity index (χ0n) is 11.3. The molecule has 0 rings (SSSR count). The summed E-state index contributed by atoms with van der Waals surface area (Å²) in [5, 5.41) is 0. The van der Waals surface area contributed by atoms with Gasteiger partial charge < -0.3 is 4.90 Å². The van der Waals surface area contributed by atoms with Crippen LogP contribution in [0, 0.1) is 0 Å². The van der Waals surface area contributed by atoms with Gasteiger partial charge in [-0.3, -0.25) is 4.99 Å². The van der Waals surface area contributed by atoms with Crippen LogP contribution in [0.15, 0.2) is 17.3 Å². The lowest BCUT2D eigenvalue weighted by Gasteiger charge is -2.13. The van der Waals surface area contributed by atoms with Crippen molar-refractivity contribution < 1.29 is 0 Å². The average Bonchev–Trinajstić information content (AvgIpc) is 2.30. The average molecular weight is 224 g/mol. The molecule has 0 fully saturated rings. The lowest BCUT2D eigenvalue weighted by Crippen LogP contribution is -2.16. The van der Waals surface area contributed by atoms with Crippen molar-refractivity contribution in [3.8, 4) is 0 Å². The monoisotopic (exact) mass is 224 g/mol. The lowest BCUT2D eigenvalue weighted by atomic mass is 10.2. The predicted molar refractivity (Wildman–Crippen MR) is 73.9 cm³/mol. The van der Waals surface area contributed by atoms with Gasteiger partial charge in [-0.15, -0.1) is 0 Å². The molecule has 0 bridgehead atoms. The molecule has 0 aliphatic heterocycles. The van der Waals surface area contributed by atoms with Crippen LogP contribution in [0.25, 0.3) is 0 Å². The maximum atomic E-state index is 4.46. The van der Waals surface area contributed by atoms with Crippen LogP contribution in [0.5, 0.6) is 0 Å². The Labute approximate surface area is 101 Å². The third-order valence-electron chi connectivity index (χ3n) is 2.48. The molecule has 0 unspecified atom stereocenters. The van der Waals surface area contributed by atoms with E-state index < -0.39 is 0 Å². The molecular weight excluding hydrogens is 196 g/mol. The van der Waals surface area contributed by atoms with E-state index in [-0.39, 0.29) is 0 Å². The fourth-order valence-corrected chi connectivity index (χ4v) is 1.50. The van der Waals surface area contributed by atoms with Crippen molar-refractivity contribution in [1.82, 2.24) is 4.90 Å². The number of rotatable bonds is 10. The summed E-state index contributed by atoms with van der Waals surface area (Å²) in [6, 6.07) is 0. The SMILES string of the molecule is C/C=C\N(C=NCCCCCC)CCCC. The number of unbranched alkanes of at least 4 members (excludes halogenated alkanes) is 4. The first-order chi connectivity index (χ1) is 7.85. The smallest absolute Gasteiger partial charge is 0.0889 e. The molecule has 16 heavy (non-hydrogen) atoms. The van der Waals surface area contributed by atoms with Crippen LogP contribution in [-0.4, -0.2) is 24.3 Å². The molecular formula is C14H28N2. The van der Waals surface area contributed by atoms with E-state index in [2.05, 4.69) is 36.0 Å². The van der Waals surface area contributed by atoms with Gasteiger partial charge in [0.05, 0.1) is 6.34 Å². The van der Waals surface area contributed by atoms with Crippen molar-refractivity contribution in [3.63, 3.8) is 0 Å². The molecule has 0 aromatic heterocycles. The van der Waals surface area contributed by atoms with Gasteiger partial charge in [0.25, 0.3) is 0 Å². The van der Waals surface area contributed by atoms with Crippen LogP contribution in [0.3, 0.4) is 0 Å². The van der Waals surface area contributed by atoms with Gasteiger partial charge in [0.15, 0.2) is 0 Å². The highest BCUT2D eigenvalue weighted by Crippen LogP contribution is 1.99. The van der Waals surface area contributed by atoms with Gasteiger partial charge in [0.1, 0.15) is 0 Å². The van der Waals surface area contributed by atoms with Gasteiger partial charge in [-0.2, -0.15) is 0 Å². The molecule has 0 aliphatic carbocycles. The molecule has 0 amide bonds. The normalized spacial score (nSPS) is 11.7. The molecule has 0 aliphatic rings. The molecule has 0 aromatic rings. The number of hydrogen-bond donors (Lipinski definition) is 0. The second-order valence-corrected chi connectivity index (χ2v) is 4.16. The van der Waals surface area contributed by atoms with E-state index in [0.29, 0.717) is 0 Å². The van der Waals surface area contributed by atoms with E-state index in [0.717, 1.165) is 13.1 Å². The topological polar surface area (TPSA) is 15.6 Å². The van der Waals surface area contributed by atoms with Crippen molar-refractivity contribution in [1.29, 1.82) is 0 Å². The van der Waals surface area contributed by atoms with Crippen molar-refractivity contribution in [2.45, 2.75) is 59.3 Å². The fraction of sp³-hybridized carbons (Fsp3) is 0.786. The highest BCUT2D eigenvalue weighted by molar-refractivity contribution is 5.56. The largest absolute Gasteiger partial charge is 0.340 e. The standard InChI is InChI=1S/C14H28N2/c1-4-7-9-10-11-15-14-16(12-6-3)13-8-5-2/h6,12,14H,4-5,7-11,13H2,1-3H3/b12-6-,15-14?. The summed E-state index contributed by atoms with van der Waals surface area (Å²) in [6.45, 7) is 8.56. The summed E-state index contributed by atoms with van der Waals surface area (Å²) in [5.74, 6) is 0. The van der Waals surface area contributed by atoms with E-state index in [1.165, 1.54) is 38.5 Å². The molecule has 0 atom stereocenters. The Morgan fingerprint density at radius 3 is 2.38 bits per heavy atom. The van der Waals surface area contributed by atoms with Gasteiger partial charge in [-0.05, 0) is 19.8 Å². The molecule has 0 saturated heterocycles. The highest BCUT2D eigenvalue weighted by atomic mass is 15.1. The summed E-state index contributed by atoms with van der Waals surface area (Å²) < 4.78 is 0. The maximum absolute atomic E-state index is 4.46. The zero-order valence-corrected chi connectivity index (χ0v) is 11.3. The van der Waals surface area contributed by atoms with Crippen molar-refractivity contribution in [2.75, 3.05) is 13.1 Å². The van der Waals surface area contributed by atoms with E-state index in [4.69, 9.17) is 0 Å². The minimum atomic E-state index is 0.972. The summed E-state index contributed by atoms with van der Waals surface area (Å²) in [7, 11) is 0. The van der Waals surface area contributed by atoms with Gasteiger partial charge in [0, 0.05) is 19.3 Å². The molecule has 0 saturated carbocycles. The third-order valence-corrected chi connectivity index (χ3v) is 2.48. The Morgan fingerprint density at radius 2 is 1.75 bits per heavy atom. The first-order valence-corrected chi connectivity index (χ1v) is 6.73. The Morgan fingerprint density at radius 1 is 1.00 bits per heavy atom. The van der Waals surface area contributed by atoms with Crippen LogP contribution < -0.4 is 0 Å². The molecule has 0 N–H and O–H groups in total. The summed E-state index contributed by atoms with van der Waals surface area (Å²) in [4.78, 5) is 6.65. The number of aliphatic imine (C=N–C) groups is 1. The van der Waals surface area contributed by atoms with Crippen molar-refractivity contribution >= 4 is 6.34 Å². The summed E-state index contributed by atoms with van der Waals surface area (Å²) >= 11 is 0. The Hall–Kier alpha value is -0.790. The Bertz CT molecular complexity index is 185. The summed E-state index contributed by atoms with van der Waals surface area (Å²) in [6.07, 6.45) is 13.8. The predicted octanol–water partition coefficient (Wildman–Crippen LogP) is 4.23. The minimum absolute atomic E-state index is 0.972. The van der Waals surface area contributed by atoms with Crippen LogP contribution >= 0.6 is 0 Å². The summed E-state index contributed by atoms with van der Waals surface area (Å²) in [5.41, 5.74) is 0. The van der Waals surface area contributed by atoms with Crippen LogP contribution in [0.2, 0.25) is 0 Å². The highest BCUT2D eigenvalue weighted by Gasteiger charge is 1.92. The molecule has 0 radical (unpaired) electrons. The Balaban J connectivity index is 3.67. The van der Waals surface area contributed by atoms with Gasteiger partial charge in [0.2, 0.25) is 0 Å². The second-order valence-electron chi connectivity index (χ2n) is 4.16. The second kappa shape index (κ2) is 12.3. The van der Waals surface area contributed by atoms with E-state index >= 15 is 0 Å². The van der Waals surface area contributed by atoms with Crippen LogP contribution in [0.1, 0.15) is 59.3 Å². The van der Waals surface area contributed by atoms with Gasteiger partial charge in [-0.1, -0.05) is 45.6 Å². The Kier molecular flexibility index (Phi) is 11.7. The third kappa shape index (κ3) is 9.75. The molecule has 0 spiro atoms. The fourth-order valence-electron chi connectivity index (χ4n) is 1.50. The molecule has 0 aromatic carbocycles. The number of hydrogen-bond acceptors (Lipinski definition) is 1. The molecule has 2 nitrogen and oxygen atoms in total. The number of allylic oxidation sites excluding steroid dienone is 1. The zero-order chi connectivity index (χ0) is 12.1.